The van der Waals surface area contributed by atoms with E-state index in [2.05, 4.69) is 13.8 Å². The zero-order chi connectivity index (χ0) is 39.5. The molecular formula is C36H74O14S3. The topological polar surface area (TPSA) is 198 Å². The zero-order valence-electron chi connectivity index (χ0n) is 32.8. The Morgan fingerprint density at radius 2 is 0.679 bits per heavy atom. The molecule has 0 amide bonds. The molecule has 0 fully saturated rings. The molecule has 53 heavy (non-hydrogen) atoms. The van der Waals surface area contributed by atoms with Gasteiger partial charge in [0.2, 0.25) is 0 Å². The van der Waals surface area contributed by atoms with Crippen LogP contribution in [0.15, 0.2) is 0 Å². The molecule has 14 nitrogen and oxygen atoms in total. The normalized spacial score (nSPS) is 13.8. The quantitative estimate of drug-likeness (QED) is 0.0531. The molecule has 320 valence electrons. The molecular weight excluding hydrogens is 753 g/mol. The van der Waals surface area contributed by atoms with Gasteiger partial charge < -0.3 is 28.4 Å². The molecule has 0 saturated carbocycles. The summed E-state index contributed by atoms with van der Waals surface area (Å²) in [5, 5.41) is 0. The zero-order valence-corrected chi connectivity index (χ0v) is 35.2. The fourth-order valence-electron chi connectivity index (χ4n) is 5.28. The van der Waals surface area contributed by atoms with Gasteiger partial charge in [-0.1, -0.05) is 104 Å². The lowest BCUT2D eigenvalue weighted by molar-refractivity contribution is -0.0585. The fourth-order valence-corrected chi connectivity index (χ4v) is 7.19. The standard InChI is InChI=1S/C36H74O14S3/c1-3-5-7-9-11-13-15-17-21-45-31-35(49-23-19-27-52(39,40)41)33-47-25-29-51(37,38)30-26-48-34-36(50-24-20-28-53(42,43)44)32-46-22-18-16-14-12-10-8-6-4-2/h35-36H,3-34H2,1-2H3,(H,39,40,41)(H,42,43,44). The maximum absolute atomic E-state index is 12.6. The summed E-state index contributed by atoms with van der Waals surface area (Å²) in [6.45, 7) is 6.04. The summed E-state index contributed by atoms with van der Waals surface area (Å²) in [7, 11) is -11.7. The van der Waals surface area contributed by atoms with Crippen LogP contribution in [0, 0.1) is 0 Å². The lowest BCUT2D eigenvalue weighted by Gasteiger charge is -2.19. The summed E-state index contributed by atoms with van der Waals surface area (Å²) < 4.78 is 121. The predicted molar refractivity (Wildman–Crippen MR) is 209 cm³/mol. The molecule has 0 aromatic rings. The van der Waals surface area contributed by atoms with Crippen molar-refractivity contribution >= 4 is 30.1 Å². The average molecular weight is 827 g/mol. The van der Waals surface area contributed by atoms with Gasteiger partial charge in [0.25, 0.3) is 20.2 Å². The van der Waals surface area contributed by atoms with Crippen molar-refractivity contribution in [2.75, 3.05) is 89.1 Å². The maximum Gasteiger partial charge on any atom is 0.264 e. The van der Waals surface area contributed by atoms with Crippen LogP contribution < -0.4 is 0 Å². The molecule has 0 radical (unpaired) electrons. The molecule has 2 atom stereocenters. The molecule has 0 aliphatic carbocycles. The minimum absolute atomic E-state index is 0.0604. The molecule has 0 aromatic heterocycles. The van der Waals surface area contributed by atoms with Gasteiger partial charge >= 0.3 is 0 Å². The van der Waals surface area contributed by atoms with E-state index in [4.69, 9.17) is 37.5 Å². The number of rotatable bonds is 42. The Hall–Kier alpha value is -0.470. The van der Waals surface area contributed by atoms with Gasteiger partial charge in [0.15, 0.2) is 9.84 Å². The Kier molecular flexibility index (Phi) is 34.4. The van der Waals surface area contributed by atoms with E-state index in [1.165, 1.54) is 64.2 Å². The van der Waals surface area contributed by atoms with Gasteiger partial charge in [-0.25, -0.2) is 8.42 Å². The van der Waals surface area contributed by atoms with Gasteiger partial charge in [0.1, 0.15) is 12.2 Å². The first kappa shape index (κ1) is 52.5. The minimum Gasteiger partial charge on any atom is -0.379 e. The smallest absolute Gasteiger partial charge is 0.264 e. The van der Waals surface area contributed by atoms with Crippen molar-refractivity contribution in [1.82, 2.24) is 0 Å². The second kappa shape index (κ2) is 34.8. The second-order valence-corrected chi connectivity index (χ2v) is 19.1. The average Bonchev–Trinajstić information content (AvgIpc) is 3.08. The summed E-state index contributed by atoms with van der Waals surface area (Å²) in [5.74, 6) is -1.31. The molecule has 0 aromatic carbocycles. The van der Waals surface area contributed by atoms with Crippen LogP contribution in [-0.2, 0) is 58.5 Å². The summed E-state index contributed by atoms with van der Waals surface area (Å²) in [5.41, 5.74) is 0. The highest BCUT2D eigenvalue weighted by Crippen LogP contribution is 2.10. The van der Waals surface area contributed by atoms with Crippen molar-refractivity contribution in [2.45, 2.75) is 142 Å². The number of hydrogen-bond acceptors (Lipinski definition) is 12. The fraction of sp³-hybridized carbons (Fsp3) is 1.00. The van der Waals surface area contributed by atoms with E-state index in [1.807, 2.05) is 0 Å². The molecule has 0 aliphatic rings. The van der Waals surface area contributed by atoms with Crippen LogP contribution in [0.4, 0.5) is 0 Å². The van der Waals surface area contributed by atoms with Gasteiger partial charge in [-0.2, -0.15) is 16.8 Å². The van der Waals surface area contributed by atoms with Crippen LogP contribution in [0.25, 0.3) is 0 Å². The van der Waals surface area contributed by atoms with Crippen molar-refractivity contribution in [2.24, 2.45) is 0 Å². The first-order valence-corrected chi connectivity index (χ1v) is 25.0. The lowest BCUT2D eigenvalue weighted by atomic mass is 10.1. The molecule has 0 spiro atoms. The Morgan fingerprint density at radius 3 is 1.00 bits per heavy atom. The van der Waals surface area contributed by atoms with E-state index < -0.39 is 53.8 Å². The molecule has 0 bridgehead atoms. The van der Waals surface area contributed by atoms with E-state index in [0.717, 1.165) is 38.5 Å². The molecule has 2 N–H and O–H groups in total. The second-order valence-electron chi connectivity index (χ2n) is 13.7. The molecule has 0 rings (SSSR count). The number of unbranched alkanes of at least 4 members (excludes halogenated alkanes) is 14. The van der Waals surface area contributed by atoms with Gasteiger partial charge in [-0.15, -0.1) is 0 Å². The van der Waals surface area contributed by atoms with Gasteiger partial charge in [-0.3, -0.25) is 9.11 Å². The van der Waals surface area contributed by atoms with Crippen LogP contribution in [0.5, 0.6) is 0 Å². The predicted octanol–water partition coefficient (Wildman–Crippen LogP) is 6.08. The SMILES string of the molecule is CCCCCCCCCCOCC(COCCS(=O)(=O)CCOCC(COCCCCCCCCCC)OCCCS(=O)(=O)O)OCCCS(=O)(=O)O. The van der Waals surface area contributed by atoms with E-state index in [9.17, 15) is 25.3 Å². The Labute approximate surface area is 322 Å². The van der Waals surface area contributed by atoms with Gasteiger partial charge in [0, 0.05) is 26.4 Å². The number of sulfone groups is 1. The van der Waals surface area contributed by atoms with Crippen molar-refractivity contribution < 1.29 is 62.8 Å². The van der Waals surface area contributed by atoms with Crippen molar-refractivity contribution in [3.63, 3.8) is 0 Å². The van der Waals surface area contributed by atoms with Crippen molar-refractivity contribution in [3.05, 3.63) is 0 Å². The highest BCUT2D eigenvalue weighted by atomic mass is 32.2. The van der Waals surface area contributed by atoms with Gasteiger partial charge in [0.05, 0.1) is 62.7 Å². The number of hydrogen-bond donors (Lipinski definition) is 2. The third-order valence-electron chi connectivity index (χ3n) is 8.38. The first-order valence-electron chi connectivity index (χ1n) is 19.9. The first-order chi connectivity index (χ1) is 25.3. The van der Waals surface area contributed by atoms with Crippen molar-refractivity contribution in [3.8, 4) is 0 Å². The van der Waals surface area contributed by atoms with Crippen LogP contribution in [0.1, 0.15) is 129 Å². The van der Waals surface area contributed by atoms with Crippen LogP contribution in [-0.4, -0.2) is 136 Å². The third-order valence-corrected chi connectivity index (χ3v) is 11.6. The van der Waals surface area contributed by atoms with Gasteiger partial charge in [-0.05, 0) is 25.7 Å². The number of ether oxygens (including phenoxy) is 6. The van der Waals surface area contributed by atoms with E-state index in [-0.39, 0.29) is 77.2 Å². The summed E-state index contributed by atoms with van der Waals surface area (Å²) >= 11 is 0. The van der Waals surface area contributed by atoms with Crippen molar-refractivity contribution in [1.29, 1.82) is 0 Å². The van der Waals surface area contributed by atoms with E-state index in [0.29, 0.717) is 13.2 Å². The van der Waals surface area contributed by atoms with Crippen LogP contribution in [0.3, 0.4) is 0 Å². The van der Waals surface area contributed by atoms with E-state index >= 15 is 0 Å². The lowest BCUT2D eigenvalue weighted by Crippen LogP contribution is -2.29. The molecule has 0 aliphatic heterocycles. The highest BCUT2D eigenvalue weighted by Gasteiger charge is 2.16. The summed E-state index contributed by atoms with van der Waals surface area (Å²) in [6.07, 6.45) is 17.9. The maximum atomic E-state index is 12.6. The Morgan fingerprint density at radius 1 is 0.377 bits per heavy atom. The minimum atomic E-state index is -4.09. The molecule has 2 unspecified atom stereocenters. The highest BCUT2D eigenvalue weighted by molar-refractivity contribution is 7.91. The third kappa shape index (κ3) is 41.0. The molecule has 0 saturated heterocycles. The Balaban J connectivity index is 4.53. The van der Waals surface area contributed by atoms with Crippen LogP contribution in [0.2, 0.25) is 0 Å². The van der Waals surface area contributed by atoms with Crippen LogP contribution >= 0.6 is 0 Å². The Bertz CT molecular complexity index is 1050. The summed E-state index contributed by atoms with van der Waals surface area (Å²) in [4.78, 5) is 0. The molecule has 0 heterocycles. The largest absolute Gasteiger partial charge is 0.379 e. The molecule has 17 heteroatoms. The monoisotopic (exact) mass is 826 g/mol. The van der Waals surface area contributed by atoms with E-state index in [1.54, 1.807) is 0 Å². The summed E-state index contributed by atoms with van der Waals surface area (Å²) in [6, 6.07) is 0.